The summed E-state index contributed by atoms with van der Waals surface area (Å²) >= 11 is 3.06. The SMILES string of the molecule is CCSCC(C)NC(=O)c1nnc(NC)s1. The highest BCUT2D eigenvalue weighted by Crippen LogP contribution is 2.14. The maximum atomic E-state index is 11.7. The van der Waals surface area contributed by atoms with E-state index >= 15 is 0 Å². The van der Waals surface area contributed by atoms with Gasteiger partial charge in [0.2, 0.25) is 10.1 Å². The normalized spacial score (nSPS) is 12.2. The second kappa shape index (κ2) is 6.70. The molecule has 5 nitrogen and oxygen atoms in total. The quantitative estimate of drug-likeness (QED) is 0.810. The van der Waals surface area contributed by atoms with Gasteiger partial charge in [-0.25, -0.2) is 0 Å². The molecule has 0 radical (unpaired) electrons. The van der Waals surface area contributed by atoms with E-state index in [1.165, 1.54) is 11.3 Å². The standard InChI is InChI=1S/C9H16N4OS2/c1-4-15-5-6(2)11-7(14)8-12-13-9(10-3)16-8/h6H,4-5H2,1-3H3,(H,10,13)(H,11,14). The van der Waals surface area contributed by atoms with Crippen molar-refractivity contribution in [3.8, 4) is 0 Å². The van der Waals surface area contributed by atoms with Gasteiger partial charge in [-0.15, -0.1) is 10.2 Å². The van der Waals surface area contributed by atoms with Crippen LogP contribution in [0.3, 0.4) is 0 Å². The van der Waals surface area contributed by atoms with E-state index in [0.29, 0.717) is 10.1 Å². The lowest BCUT2D eigenvalue weighted by molar-refractivity contribution is 0.0942. The number of anilines is 1. The fraction of sp³-hybridized carbons (Fsp3) is 0.667. The zero-order valence-electron chi connectivity index (χ0n) is 9.61. The molecular formula is C9H16N4OS2. The molecule has 0 aliphatic heterocycles. The molecule has 1 rings (SSSR count). The van der Waals surface area contributed by atoms with Crippen LogP contribution in [-0.4, -0.2) is 40.7 Å². The van der Waals surface area contributed by atoms with Crippen molar-refractivity contribution in [3.63, 3.8) is 0 Å². The number of rotatable bonds is 6. The molecule has 0 bridgehead atoms. The molecule has 1 unspecified atom stereocenters. The van der Waals surface area contributed by atoms with Gasteiger partial charge in [0.15, 0.2) is 0 Å². The third kappa shape index (κ3) is 3.97. The number of carbonyl (C=O) groups excluding carboxylic acids is 1. The number of nitrogens with zero attached hydrogens (tertiary/aromatic N) is 2. The van der Waals surface area contributed by atoms with E-state index in [-0.39, 0.29) is 11.9 Å². The first-order valence-corrected chi connectivity index (χ1v) is 7.04. The lowest BCUT2D eigenvalue weighted by Crippen LogP contribution is -2.34. The third-order valence-corrected chi connectivity index (χ3v) is 3.87. The first-order chi connectivity index (χ1) is 7.67. The predicted molar refractivity (Wildman–Crippen MR) is 69.4 cm³/mol. The van der Waals surface area contributed by atoms with Gasteiger partial charge in [0.25, 0.3) is 5.91 Å². The second-order valence-electron chi connectivity index (χ2n) is 3.20. The monoisotopic (exact) mass is 260 g/mol. The van der Waals surface area contributed by atoms with Crippen LogP contribution in [0.4, 0.5) is 5.13 Å². The molecule has 7 heteroatoms. The molecule has 0 aromatic carbocycles. The first-order valence-electron chi connectivity index (χ1n) is 5.07. The van der Waals surface area contributed by atoms with E-state index in [9.17, 15) is 4.79 Å². The largest absolute Gasteiger partial charge is 0.363 e. The summed E-state index contributed by atoms with van der Waals surface area (Å²) in [4.78, 5) is 11.7. The molecule has 2 N–H and O–H groups in total. The van der Waals surface area contributed by atoms with Gasteiger partial charge >= 0.3 is 0 Å². The number of aromatic nitrogens is 2. The minimum Gasteiger partial charge on any atom is -0.363 e. The van der Waals surface area contributed by atoms with Crippen molar-refractivity contribution in [1.82, 2.24) is 15.5 Å². The number of hydrogen-bond donors (Lipinski definition) is 2. The van der Waals surface area contributed by atoms with E-state index in [4.69, 9.17) is 0 Å². The lowest BCUT2D eigenvalue weighted by atomic mass is 10.4. The van der Waals surface area contributed by atoms with Crippen LogP contribution in [-0.2, 0) is 0 Å². The van der Waals surface area contributed by atoms with Crippen molar-refractivity contribution in [2.24, 2.45) is 0 Å². The van der Waals surface area contributed by atoms with Crippen LogP contribution in [0.25, 0.3) is 0 Å². The van der Waals surface area contributed by atoms with Crippen LogP contribution >= 0.6 is 23.1 Å². The summed E-state index contributed by atoms with van der Waals surface area (Å²) in [7, 11) is 1.75. The maximum Gasteiger partial charge on any atom is 0.282 e. The molecule has 0 aliphatic carbocycles. The molecule has 1 heterocycles. The minimum absolute atomic E-state index is 0.150. The Hall–Kier alpha value is -0.820. The Balaban J connectivity index is 2.45. The topological polar surface area (TPSA) is 66.9 Å². The summed E-state index contributed by atoms with van der Waals surface area (Å²) in [6.45, 7) is 4.09. The smallest absolute Gasteiger partial charge is 0.282 e. The minimum atomic E-state index is -0.150. The Morgan fingerprint density at radius 2 is 2.31 bits per heavy atom. The molecule has 0 fully saturated rings. The van der Waals surface area contributed by atoms with Gasteiger partial charge in [0.05, 0.1) is 0 Å². The average Bonchev–Trinajstić information content (AvgIpc) is 2.74. The van der Waals surface area contributed by atoms with E-state index in [2.05, 4.69) is 27.8 Å². The second-order valence-corrected chi connectivity index (χ2v) is 5.49. The third-order valence-electron chi connectivity index (χ3n) is 1.78. The fourth-order valence-corrected chi connectivity index (χ4v) is 2.31. The summed E-state index contributed by atoms with van der Waals surface area (Å²) < 4.78 is 0. The highest BCUT2D eigenvalue weighted by molar-refractivity contribution is 7.99. The van der Waals surface area contributed by atoms with Crippen LogP contribution in [0.15, 0.2) is 0 Å². The Bertz CT molecular complexity index is 342. The zero-order valence-corrected chi connectivity index (χ0v) is 11.2. The fourth-order valence-electron chi connectivity index (χ4n) is 1.04. The summed E-state index contributed by atoms with van der Waals surface area (Å²) in [6.07, 6.45) is 0. The number of thioether (sulfide) groups is 1. The molecule has 1 aromatic heterocycles. The number of amides is 1. The van der Waals surface area contributed by atoms with Crippen LogP contribution in [0.1, 0.15) is 23.6 Å². The maximum absolute atomic E-state index is 11.7. The number of hydrogen-bond acceptors (Lipinski definition) is 6. The van der Waals surface area contributed by atoms with Crippen molar-refractivity contribution in [2.45, 2.75) is 19.9 Å². The number of nitrogens with one attached hydrogen (secondary N) is 2. The summed E-state index contributed by atoms with van der Waals surface area (Å²) in [5.41, 5.74) is 0. The molecule has 1 atom stereocenters. The molecular weight excluding hydrogens is 244 g/mol. The van der Waals surface area contributed by atoms with E-state index in [1.54, 1.807) is 18.8 Å². The molecule has 1 aromatic rings. The highest BCUT2D eigenvalue weighted by Gasteiger charge is 2.14. The molecule has 0 saturated carbocycles. The van der Waals surface area contributed by atoms with Crippen LogP contribution in [0.2, 0.25) is 0 Å². The van der Waals surface area contributed by atoms with Gasteiger partial charge in [0.1, 0.15) is 0 Å². The van der Waals surface area contributed by atoms with Gasteiger partial charge in [-0.2, -0.15) is 11.8 Å². The van der Waals surface area contributed by atoms with Gasteiger partial charge in [-0.05, 0) is 12.7 Å². The van der Waals surface area contributed by atoms with Crippen LogP contribution in [0.5, 0.6) is 0 Å². The molecule has 16 heavy (non-hydrogen) atoms. The molecule has 0 saturated heterocycles. The first kappa shape index (κ1) is 13.2. The van der Waals surface area contributed by atoms with E-state index < -0.39 is 0 Å². The Labute approximate surface area is 103 Å². The van der Waals surface area contributed by atoms with Gasteiger partial charge < -0.3 is 10.6 Å². The Morgan fingerprint density at radius 3 is 2.88 bits per heavy atom. The van der Waals surface area contributed by atoms with Gasteiger partial charge in [0, 0.05) is 18.8 Å². The molecule has 0 aliphatic rings. The Kier molecular flexibility index (Phi) is 5.54. The van der Waals surface area contributed by atoms with Crippen molar-refractivity contribution in [1.29, 1.82) is 0 Å². The highest BCUT2D eigenvalue weighted by atomic mass is 32.2. The van der Waals surface area contributed by atoms with E-state index in [0.717, 1.165) is 11.5 Å². The van der Waals surface area contributed by atoms with Crippen LogP contribution in [0, 0.1) is 0 Å². The van der Waals surface area contributed by atoms with Gasteiger partial charge in [-0.3, -0.25) is 4.79 Å². The molecule has 0 spiro atoms. The lowest BCUT2D eigenvalue weighted by Gasteiger charge is -2.11. The van der Waals surface area contributed by atoms with Crippen molar-refractivity contribution >= 4 is 34.1 Å². The zero-order chi connectivity index (χ0) is 12.0. The van der Waals surface area contributed by atoms with Crippen molar-refractivity contribution in [3.05, 3.63) is 5.01 Å². The van der Waals surface area contributed by atoms with Crippen molar-refractivity contribution in [2.75, 3.05) is 23.9 Å². The molecule has 90 valence electrons. The number of carbonyl (C=O) groups is 1. The molecule has 1 amide bonds. The van der Waals surface area contributed by atoms with Crippen LogP contribution < -0.4 is 10.6 Å². The summed E-state index contributed by atoms with van der Waals surface area (Å²) in [6, 6.07) is 0.152. The average molecular weight is 260 g/mol. The Morgan fingerprint density at radius 1 is 1.56 bits per heavy atom. The van der Waals surface area contributed by atoms with Crippen molar-refractivity contribution < 1.29 is 4.79 Å². The van der Waals surface area contributed by atoms with Gasteiger partial charge in [-0.1, -0.05) is 18.3 Å². The summed E-state index contributed by atoms with van der Waals surface area (Å²) in [5.74, 6) is 1.83. The summed E-state index contributed by atoms with van der Waals surface area (Å²) in [5, 5.41) is 14.4. The van der Waals surface area contributed by atoms with E-state index in [1.807, 2.05) is 6.92 Å². The predicted octanol–water partition coefficient (Wildman–Crippen LogP) is 1.45.